The van der Waals surface area contributed by atoms with Gasteiger partial charge in [-0.2, -0.15) is 0 Å². The molecule has 0 heterocycles. The Hall–Kier alpha value is -0.300. The Morgan fingerprint density at radius 3 is 2.88 bits per heavy atom. The zero-order valence-electron chi connectivity index (χ0n) is 9.30. The van der Waals surface area contributed by atoms with Crippen LogP contribution in [0.1, 0.15) is 19.3 Å². The molecule has 1 aromatic rings. The second kappa shape index (κ2) is 6.04. The van der Waals surface area contributed by atoms with Crippen LogP contribution in [0.2, 0.25) is 0 Å². The fourth-order valence-corrected chi connectivity index (χ4v) is 2.17. The van der Waals surface area contributed by atoms with Crippen molar-refractivity contribution in [1.82, 2.24) is 5.32 Å². The zero-order chi connectivity index (χ0) is 12.3. The number of nitrogens with one attached hydrogen (secondary N) is 2. The van der Waals surface area contributed by atoms with Crippen molar-refractivity contribution in [3.63, 3.8) is 0 Å². The van der Waals surface area contributed by atoms with Crippen LogP contribution >= 0.6 is 38.5 Å². The minimum atomic E-state index is 0.143. The molecule has 5 heteroatoms. The molecule has 3 nitrogen and oxygen atoms in total. The third-order valence-electron chi connectivity index (χ3n) is 2.54. The highest BCUT2D eigenvalue weighted by atomic mass is 127. The number of halogens is 2. The summed E-state index contributed by atoms with van der Waals surface area (Å²) >= 11 is 5.75. The van der Waals surface area contributed by atoms with Crippen LogP contribution in [0.15, 0.2) is 22.7 Å². The number of hydrogen-bond acceptors (Lipinski definition) is 2. The maximum absolute atomic E-state index is 11.4. The summed E-state index contributed by atoms with van der Waals surface area (Å²) in [5.41, 5.74) is 1.04. The van der Waals surface area contributed by atoms with E-state index in [1.165, 1.54) is 3.57 Å². The topological polar surface area (TPSA) is 41.1 Å². The van der Waals surface area contributed by atoms with Gasteiger partial charge in [0.2, 0.25) is 5.91 Å². The SMILES string of the molecule is O=C(CCNc1ccc(I)c(Br)c1)NC1CC1. The van der Waals surface area contributed by atoms with Crippen LogP contribution in [0.3, 0.4) is 0 Å². The molecule has 0 atom stereocenters. The van der Waals surface area contributed by atoms with E-state index in [0.29, 0.717) is 19.0 Å². The Morgan fingerprint density at radius 2 is 2.24 bits per heavy atom. The molecule has 1 aliphatic carbocycles. The first kappa shape index (κ1) is 13.1. The van der Waals surface area contributed by atoms with E-state index in [-0.39, 0.29) is 5.91 Å². The maximum atomic E-state index is 11.4. The van der Waals surface area contributed by atoms with Crippen LogP contribution in [0.25, 0.3) is 0 Å². The molecule has 1 aromatic carbocycles. The fourth-order valence-electron chi connectivity index (χ4n) is 1.45. The molecule has 1 fully saturated rings. The van der Waals surface area contributed by atoms with Crippen molar-refractivity contribution in [3.8, 4) is 0 Å². The summed E-state index contributed by atoms with van der Waals surface area (Å²) in [5.74, 6) is 0.143. The smallest absolute Gasteiger partial charge is 0.221 e. The average molecular weight is 409 g/mol. The van der Waals surface area contributed by atoms with Crippen molar-refractivity contribution >= 4 is 50.1 Å². The van der Waals surface area contributed by atoms with Gasteiger partial charge in [-0.1, -0.05) is 0 Å². The normalized spacial score (nSPS) is 14.5. The molecule has 0 unspecified atom stereocenters. The highest BCUT2D eigenvalue weighted by Gasteiger charge is 2.22. The molecule has 2 N–H and O–H groups in total. The monoisotopic (exact) mass is 408 g/mol. The molecule has 0 radical (unpaired) electrons. The largest absolute Gasteiger partial charge is 0.384 e. The van der Waals surface area contributed by atoms with Crippen LogP contribution in [0.5, 0.6) is 0 Å². The molecule has 0 spiro atoms. The van der Waals surface area contributed by atoms with Gasteiger partial charge in [-0.25, -0.2) is 0 Å². The molecule has 1 saturated carbocycles. The maximum Gasteiger partial charge on any atom is 0.221 e. The predicted octanol–water partition coefficient (Wildman–Crippen LogP) is 3.13. The second-order valence-electron chi connectivity index (χ2n) is 4.15. The van der Waals surface area contributed by atoms with Crippen LogP contribution in [0.4, 0.5) is 5.69 Å². The van der Waals surface area contributed by atoms with E-state index >= 15 is 0 Å². The minimum Gasteiger partial charge on any atom is -0.384 e. The predicted molar refractivity (Wildman–Crippen MR) is 81.1 cm³/mol. The summed E-state index contributed by atoms with van der Waals surface area (Å²) in [6, 6.07) is 6.54. The molecule has 0 aromatic heterocycles. The number of amides is 1. The lowest BCUT2D eigenvalue weighted by Gasteiger charge is -2.07. The van der Waals surface area contributed by atoms with Crippen LogP contribution in [-0.4, -0.2) is 18.5 Å². The van der Waals surface area contributed by atoms with Crippen LogP contribution in [0, 0.1) is 3.57 Å². The summed E-state index contributed by atoms with van der Waals surface area (Å²) in [6.07, 6.45) is 2.81. The van der Waals surface area contributed by atoms with Crippen molar-refractivity contribution in [2.24, 2.45) is 0 Å². The van der Waals surface area contributed by atoms with Gasteiger partial charge < -0.3 is 10.6 Å². The molecule has 0 aliphatic heterocycles. The highest BCUT2D eigenvalue weighted by Crippen LogP contribution is 2.22. The number of benzene rings is 1. The number of carbonyl (C=O) groups excluding carboxylic acids is 1. The van der Waals surface area contributed by atoms with Gasteiger partial charge >= 0.3 is 0 Å². The molecule has 0 bridgehead atoms. The Morgan fingerprint density at radius 1 is 1.47 bits per heavy atom. The van der Waals surface area contributed by atoms with Gasteiger partial charge in [-0.3, -0.25) is 4.79 Å². The van der Waals surface area contributed by atoms with E-state index in [1.807, 2.05) is 18.2 Å². The molecule has 0 saturated heterocycles. The molecule has 1 aliphatic rings. The van der Waals surface area contributed by atoms with Gasteiger partial charge in [0, 0.05) is 32.7 Å². The third kappa shape index (κ3) is 4.46. The van der Waals surface area contributed by atoms with Gasteiger partial charge in [0.05, 0.1) is 0 Å². The van der Waals surface area contributed by atoms with Gasteiger partial charge in [0.15, 0.2) is 0 Å². The van der Waals surface area contributed by atoms with E-state index in [0.717, 1.165) is 23.0 Å². The Labute approximate surface area is 123 Å². The molecule has 1 amide bonds. The Balaban J connectivity index is 1.73. The van der Waals surface area contributed by atoms with Gasteiger partial charge in [-0.05, 0) is 69.6 Å². The van der Waals surface area contributed by atoms with Crippen molar-refractivity contribution < 1.29 is 4.79 Å². The summed E-state index contributed by atoms with van der Waals surface area (Å²) in [7, 11) is 0. The van der Waals surface area contributed by atoms with Crippen LogP contribution < -0.4 is 10.6 Å². The molecule has 92 valence electrons. The van der Waals surface area contributed by atoms with Crippen molar-refractivity contribution in [3.05, 3.63) is 26.2 Å². The Bertz CT molecular complexity index is 421. The van der Waals surface area contributed by atoms with Crippen LogP contribution in [-0.2, 0) is 4.79 Å². The Kier molecular flexibility index (Phi) is 4.67. The van der Waals surface area contributed by atoms with E-state index in [9.17, 15) is 4.79 Å². The van der Waals surface area contributed by atoms with Crippen molar-refractivity contribution in [2.75, 3.05) is 11.9 Å². The molecular formula is C12H14BrIN2O. The van der Waals surface area contributed by atoms with E-state index in [2.05, 4.69) is 49.2 Å². The standard InChI is InChI=1S/C12H14BrIN2O/c13-10-7-9(3-4-11(10)14)15-6-5-12(17)16-8-1-2-8/h3-4,7-8,15H,1-2,5-6H2,(H,16,17). The summed E-state index contributed by atoms with van der Waals surface area (Å²) in [4.78, 5) is 11.4. The number of carbonyl (C=O) groups is 1. The lowest BCUT2D eigenvalue weighted by molar-refractivity contribution is -0.120. The quantitative estimate of drug-likeness (QED) is 0.735. The van der Waals surface area contributed by atoms with Crippen molar-refractivity contribution in [2.45, 2.75) is 25.3 Å². The first-order valence-corrected chi connectivity index (χ1v) is 7.50. The minimum absolute atomic E-state index is 0.143. The van der Waals surface area contributed by atoms with Gasteiger partial charge in [-0.15, -0.1) is 0 Å². The lowest BCUT2D eigenvalue weighted by atomic mass is 10.3. The van der Waals surface area contributed by atoms with E-state index in [4.69, 9.17) is 0 Å². The zero-order valence-corrected chi connectivity index (χ0v) is 13.0. The fraction of sp³-hybridized carbons (Fsp3) is 0.417. The molecule has 17 heavy (non-hydrogen) atoms. The molecule has 2 rings (SSSR count). The highest BCUT2D eigenvalue weighted by molar-refractivity contribution is 14.1. The third-order valence-corrected chi connectivity index (χ3v) is 4.88. The first-order chi connectivity index (χ1) is 8.15. The summed E-state index contributed by atoms with van der Waals surface area (Å²) < 4.78 is 2.25. The number of anilines is 1. The summed E-state index contributed by atoms with van der Waals surface area (Å²) in [5, 5.41) is 6.21. The van der Waals surface area contributed by atoms with Gasteiger partial charge in [0.1, 0.15) is 0 Å². The lowest BCUT2D eigenvalue weighted by Crippen LogP contribution is -2.27. The second-order valence-corrected chi connectivity index (χ2v) is 6.16. The average Bonchev–Trinajstić information content (AvgIpc) is 3.07. The first-order valence-electron chi connectivity index (χ1n) is 5.63. The number of rotatable bonds is 5. The van der Waals surface area contributed by atoms with E-state index < -0.39 is 0 Å². The summed E-state index contributed by atoms with van der Waals surface area (Å²) in [6.45, 7) is 0.672. The molecular weight excluding hydrogens is 395 g/mol. The van der Waals surface area contributed by atoms with Gasteiger partial charge in [0.25, 0.3) is 0 Å². The number of hydrogen-bond donors (Lipinski definition) is 2. The van der Waals surface area contributed by atoms with E-state index in [1.54, 1.807) is 0 Å². The van der Waals surface area contributed by atoms with Crippen molar-refractivity contribution in [1.29, 1.82) is 0 Å².